The van der Waals surface area contributed by atoms with Gasteiger partial charge in [0, 0.05) is 13.6 Å². The molecular weight excluding hydrogens is 476 g/mol. The van der Waals surface area contributed by atoms with Crippen molar-refractivity contribution in [3.05, 3.63) is 94.7 Å². The second-order valence-electron chi connectivity index (χ2n) is 8.17. The van der Waals surface area contributed by atoms with Gasteiger partial charge in [0.1, 0.15) is 18.0 Å². The zero-order valence-electron chi connectivity index (χ0n) is 20.5. The lowest BCUT2D eigenvalue weighted by atomic mass is 10.2. The Morgan fingerprint density at radius 3 is 2.53 bits per heavy atom. The number of amides is 1. The highest BCUT2D eigenvalue weighted by molar-refractivity contribution is 7.99. The van der Waals surface area contributed by atoms with E-state index in [0.717, 1.165) is 17.0 Å². The maximum atomic E-state index is 13.0. The van der Waals surface area contributed by atoms with Gasteiger partial charge in [-0.3, -0.25) is 18.8 Å². The summed E-state index contributed by atoms with van der Waals surface area (Å²) in [4.78, 5) is 25.8. The average molecular weight is 505 g/mol. The number of nitrogens with zero attached hydrogens (tertiary/aromatic N) is 5. The van der Waals surface area contributed by atoms with Gasteiger partial charge in [-0.1, -0.05) is 53.7 Å². The van der Waals surface area contributed by atoms with Gasteiger partial charge in [-0.15, -0.1) is 16.8 Å². The van der Waals surface area contributed by atoms with Crippen molar-refractivity contribution in [1.29, 1.82) is 0 Å². The van der Waals surface area contributed by atoms with Crippen molar-refractivity contribution in [2.45, 2.75) is 32.2 Å². The average Bonchev–Trinajstić information content (AvgIpc) is 3.36. The van der Waals surface area contributed by atoms with Gasteiger partial charge in [0.25, 0.3) is 5.56 Å². The summed E-state index contributed by atoms with van der Waals surface area (Å²) in [6.45, 7) is 8.33. The quantitative estimate of drug-likeness (QED) is 0.260. The topological polar surface area (TPSA) is 96.0 Å². The first-order valence-corrected chi connectivity index (χ1v) is 12.4. The number of aryl methyl sites for hydroxylation is 1. The Morgan fingerprint density at radius 2 is 1.83 bits per heavy atom. The largest absolute Gasteiger partial charge is 0.486 e. The number of thioether (sulfide) groups is 1. The number of carbonyl (C=O) groups is 1. The van der Waals surface area contributed by atoms with Crippen LogP contribution in [0.1, 0.15) is 17.1 Å². The summed E-state index contributed by atoms with van der Waals surface area (Å²) >= 11 is 1.24. The van der Waals surface area contributed by atoms with Crippen LogP contribution in [0.4, 0.5) is 5.69 Å². The van der Waals surface area contributed by atoms with Gasteiger partial charge in [0.15, 0.2) is 11.0 Å². The van der Waals surface area contributed by atoms with E-state index in [2.05, 4.69) is 22.1 Å². The highest BCUT2D eigenvalue weighted by Crippen LogP contribution is 2.20. The molecule has 0 saturated heterocycles. The standard InChI is InChI=1S/C26H28N6O3S/c1-5-15-31-22(16-35-21-13-11-18(2)12-14-21)28-29-26(31)36-17-23(33)27-24-19(3)30(4)32(25(24)34)20-9-7-6-8-10-20/h5-14H,1,15-17H2,2-4H3,(H,27,33). The van der Waals surface area contributed by atoms with Crippen LogP contribution < -0.4 is 15.6 Å². The van der Waals surface area contributed by atoms with Crippen LogP contribution in [0.3, 0.4) is 0 Å². The molecule has 4 aromatic rings. The van der Waals surface area contributed by atoms with Crippen LogP contribution in [0.2, 0.25) is 0 Å². The summed E-state index contributed by atoms with van der Waals surface area (Å²) in [6.07, 6.45) is 1.74. The smallest absolute Gasteiger partial charge is 0.295 e. The first-order valence-electron chi connectivity index (χ1n) is 11.4. The maximum Gasteiger partial charge on any atom is 0.295 e. The molecule has 0 saturated carbocycles. The maximum absolute atomic E-state index is 13.0. The van der Waals surface area contributed by atoms with Gasteiger partial charge in [0.2, 0.25) is 5.91 Å². The number of hydrogen-bond acceptors (Lipinski definition) is 6. The van der Waals surface area contributed by atoms with Crippen molar-refractivity contribution < 1.29 is 9.53 Å². The summed E-state index contributed by atoms with van der Waals surface area (Å²) in [5, 5.41) is 11.8. The molecule has 9 nitrogen and oxygen atoms in total. The van der Waals surface area contributed by atoms with Crippen molar-refractivity contribution in [3.63, 3.8) is 0 Å². The zero-order valence-corrected chi connectivity index (χ0v) is 21.3. The first-order chi connectivity index (χ1) is 17.4. The normalized spacial score (nSPS) is 10.9. The molecule has 0 bridgehead atoms. The minimum atomic E-state index is -0.309. The lowest BCUT2D eigenvalue weighted by Crippen LogP contribution is -2.23. The monoisotopic (exact) mass is 504 g/mol. The lowest BCUT2D eigenvalue weighted by Gasteiger charge is -2.09. The predicted molar refractivity (Wildman–Crippen MR) is 141 cm³/mol. The molecule has 2 aromatic heterocycles. The molecule has 0 aliphatic rings. The Hall–Kier alpha value is -4.05. The molecule has 0 unspecified atom stereocenters. The van der Waals surface area contributed by atoms with Gasteiger partial charge in [-0.25, -0.2) is 4.68 Å². The van der Waals surface area contributed by atoms with Crippen molar-refractivity contribution >= 4 is 23.4 Å². The van der Waals surface area contributed by atoms with Crippen LogP contribution in [-0.2, 0) is 25.0 Å². The molecule has 0 fully saturated rings. The summed E-state index contributed by atoms with van der Waals surface area (Å²) < 4.78 is 10.9. The highest BCUT2D eigenvalue weighted by Gasteiger charge is 2.19. The SMILES string of the molecule is C=CCn1c(COc2ccc(C)cc2)nnc1SCC(=O)Nc1c(C)n(C)n(-c2ccccc2)c1=O. The summed E-state index contributed by atoms with van der Waals surface area (Å²) in [5.74, 6) is 1.12. The number of aromatic nitrogens is 5. The highest BCUT2D eigenvalue weighted by atomic mass is 32.2. The van der Waals surface area contributed by atoms with Crippen molar-refractivity contribution in [2.24, 2.45) is 7.05 Å². The van der Waals surface area contributed by atoms with Crippen molar-refractivity contribution in [1.82, 2.24) is 24.1 Å². The molecule has 4 rings (SSSR count). The molecule has 0 spiro atoms. The summed E-state index contributed by atoms with van der Waals surface area (Å²) in [5.41, 5.74) is 2.50. The number of anilines is 1. The molecule has 36 heavy (non-hydrogen) atoms. The van der Waals surface area contributed by atoms with E-state index in [1.807, 2.05) is 66.1 Å². The van der Waals surface area contributed by atoms with Crippen LogP contribution in [0, 0.1) is 13.8 Å². The molecule has 1 amide bonds. The molecule has 0 atom stereocenters. The third-order valence-corrected chi connectivity index (χ3v) is 6.61. The Bertz CT molecular complexity index is 1420. The number of benzene rings is 2. The number of nitrogens with one attached hydrogen (secondary N) is 1. The van der Waals surface area contributed by atoms with E-state index in [4.69, 9.17) is 4.74 Å². The molecule has 1 N–H and O–H groups in total. The fraction of sp³-hybridized carbons (Fsp3) is 0.231. The zero-order chi connectivity index (χ0) is 25.7. The van der Waals surface area contributed by atoms with E-state index in [1.54, 1.807) is 24.7 Å². The first kappa shape index (κ1) is 25.1. The molecule has 2 heterocycles. The third-order valence-electron chi connectivity index (χ3n) is 5.65. The van der Waals surface area contributed by atoms with Gasteiger partial charge < -0.3 is 10.1 Å². The van der Waals surface area contributed by atoms with Gasteiger partial charge in [-0.05, 0) is 38.1 Å². The number of allylic oxidation sites excluding steroid dienone is 1. The molecule has 0 aliphatic heterocycles. The van der Waals surface area contributed by atoms with Crippen molar-refractivity contribution in [3.8, 4) is 11.4 Å². The Balaban J connectivity index is 1.43. The minimum absolute atomic E-state index is 0.0627. The summed E-state index contributed by atoms with van der Waals surface area (Å²) in [6, 6.07) is 17.1. The lowest BCUT2D eigenvalue weighted by molar-refractivity contribution is -0.113. The van der Waals surface area contributed by atoms with E-state index >= 15 is 0 Å². The molecular formula is C26H28N6O3S. The number of ether oxygens (including phenoxy) is 1. The second-order valence-corrected chi connectivity index (χ2v) is 9.12. The second kappa shape index (κ2) is 11.1. The van der Waals surface area contributed by atoms with Gasteiger partial charge >= 0.3 is 0 Å². The van der Waals surface area contributed by atoms with Gasteiger partial charge in [-0.2, -0.15) is 0 Å². The fourth-order valence-corrected chi connectivity index (χ4v) is 4.41. The molecule has 0 aliphatic carbocycles. The Kier molecular flexibility index (Phi) is 7.74. The van der Waals surface area contributed by atoms with E-state index in [-0.39, 0.29) is 29.5 Å². The summed E-state index contributed by atoms with van der Waals surface area (Å²) in [7, 11) is 1.78. The van der Waals surface area contributed by atoms with E-state index in [0.29, 0.717) is 23.2 Å². The van der Waals surface area contributed by atoms with Gasteiger partial charge in [0.05, 0.1) is 17.1 Å². The fourth-order valence-electron chi connectivity index (χ4n) is 3.65. The number of hydrogen-bond donors (Lipinski definition) is 1. The number of carbonyl (C=O) groups excluding carboxylic acids is 1. The molecule has 2 aromatic carbocycles. The number of rotatable bonds is 10. The van der Waals surface area contributed by atoms with Crippen LogP contribution in [-0.4, -0.2) is 35.8 Å². The van der Waals surface area contributed by atoms with Crippen LogP contribution in [0.25, 0.3) is 5.69 Å². The van der Waals surface area contributed by atoms with E-state index < -0.39 is 0 Å². The Labute approximate surface area is 213 Å². The predicted octanol–water partition coefficient (Wildman–Crippen LogP) is 3.88. The van der Waals surface area contributed by atoms with Crippen LogP contribution >= 0.6 is 11.8 Å². The van der Waals surface area contributed by atoms with E-state index in [9.17, 15) is 9.59 Å². The molecule has 186 valence electrons. The minimum Gasteiger partial charge on any atom is -0.486 e. The molecule has 0 radical (unpaired) electrons. The Morgan fingerprint density at radius 1 is 1.11 bits per heavy atom. The van der Waals surface area contributed by atoms with Crippen LogP contribution in [0.5, 0.6) is 5.75 Å². The number of para-hydroxylation sites is 1. The third kappa shape index (κ3) is 5.44. The molecule has 10 heteroatoms. The van der Waals surface area contributed by atoms with Crippen LogP contribution in [0.15, 0.2) is 77.2 Å². The van der Waals surface area contributed by atoms with Crippen molar-refractivity contribution in [2.75, 3.05) is 11.1 Å². The van der Waals surface area contributed by atoms with E-state index in [1.165, 1.54) is 16.4 Å².